The van der Waals surface area contributed by atoms with E-state index in [2.05, 4.69) is 20.6 Å². The summed E-state index contributed by atoms with van der Waals surface area (Å²) in [5.41, 5.74) is 4.33. The molecule has 0 aliphatic carbocycles. The Morgan fingerprint density at radius 1 is 0.906 bits per heavy atom. The van der Waals surface area contributed by atoms with Crippen molar-refractivity contribution in [2.45, 2.75) is 19.9 Å². The van der Waals surface area contributed by atoms with Crippen molar-refractivity contribution in [3.05, 3.63) is 108 Å². The van der Waals surface area contributed by atoms with Crippen molar-refractivity contribution >= 4 is 17.4 Å². The first-order valence-electron chi connectivity index (χ1n) is 10.3. The summed E-state index contributed by atoms with van der Waals surface area (Å²) in [5.74, 6) is 0.659. The van der Waals surface area contributed by atoms with Gasteiger partial charge < -0.3 is 10.6 Å². The van der Waals surface area contributed by atoms with Crippen molar-refractivity contribution in [1.82, 2.24) is 15.3 Å². The van der Waals surface area contributed by atoms with E-state index in [1.54, 1.807) is 36.5 Å². The van der Waals surface area contributed by atoms with Crippen LogP contribution in [0.2, 0.25) is 0 Å². The number of aryl methyl sites for hydroxylation is 1. The van der Waals surface area contributed by atoms with E-state index < -0.39 is 0 Å². The van der Waals surface area contributed by atoms with Gasteiger partial charge in [-0.3, -0.25) is 4.79 Å². The molecule has 0 fully saturated rings. The fourth-order valence-electron chi connectivity index (χ4n) is 3.24. The molecule has 0 spiro atoms. The number of hydrogen-bond donors (Lipinski definition) is 2. The van der Waals surface area contributed by atoms with E-state index in [0.717, 1.165) is 16.8 Å². The minimum atomic E-state index is -0.305. The van der Waals surface area contributed by atoms with Crippen LogP contribution in [0.25, 0.3) is 11.4 Å². The highest BCUT2D eigenvalue weighted by atomic mass is 19.1. The fourth-order valence-corrected chi connectivity index (χ4v) is 3.24. The van der Waals surface area contributed by atoms with E-state index in [4.69, 9.17) is 0 Å². The van der Waals surface area contributed by atoms with Gasteiger partial charge in [0.15, 0.2) is 5.82 Å². The zero-order valence-electron chi connectivity index (χ0n) is 17.8. The first kappa shape index (κ1) is 21.2. The Morgan fingerprint density at radius 3 is 2.28 bits per heavy atom. The smallest absolute Gasteiger partial charge is 0.251 e. The molecule has 0 unspecified atom stereocenters. The minimum Gasteiger partial charge on any atom is -0.346 e. The Balaban J connectivity index is 1.41. The highest BCUT2D eigenvalue weighted by molar-refractivity contribution is 5.94. The summed E-state index contributed by atoms with van der Waals surface area (Å²) in [6.07, 6.45) is 1.64. The first-order valence-corrected chi connectivity index (χ1v) is 10.3. The Labute approximate surface area is 186 Å². The van der Waals surface area contributed by atoms with Gasteiger partial charge in [0.1, 0.15) is 11.6 Å². The van der Waals surface area contributed by atoms with Gasteiger partial charge in [-0.2, -0.15) is 0 Å². The lowest BCUT2D eigenvalue weighted by Gasteiger charge is -2.15. The fraction of sp³-hybridized carbons (Fsp3) is 0.115. The Hall–Kier alpha value is -4.06. The predicted molar refractivity (Wildman–Crippen MR) is 124 cm³/mol. The van der Waals surface area contributed by atoms with Gasteiger partial charge in [-0.15, -0.1) is 0 Å². The number of amides is 1. The van der Waals surface area contributed by atoms with E-state index >= 15 is 0 Å². The van der Waals surface area contributed by atoms with Gasteiger partial charge in [0.2, 0.25) is 0 Å². The van der Waals surface area contributed by atoms with Crippen LogP contribution in [-0.4, -0.2) is 15.9 Å². The highest BCUT2D eigenvalue weighted by Crippen LogP contribution is 2.20. The van der Waals surface area contributed by atoms with Gasteiger partial charge in [-0.25, -0.2) is 14.4 Å². The van der Waals surface area contributed by atoms with E-state index in [-0.39, 0.29) is 17.8 Å². The van der Waals surface area contributed by atoms with Crippen LogP contribution in [0.5, 0.6) is 0 Å². The molecule has 1 heterocycles. The SMILES string of the molecule is Cc1ccc([C@H](C)NC(=O)c2ccc(Nc3ccnc(-c4ccc(F)cc4)n3)cc2)cc1. The summed E-state index contributed by atoms with van der Waals surface area (Å²) >= 11 is 0. The monoisotopic (exact) mass is 426 g/mol. The molecule has 4 aromatic rings. The van der Waals surface area contributed by atoms with E-state index in [0.29, 0.717) is 17.2 Å². The quantitative estimate of drug-likeness (QED) is 0.407. The summed E-state index contributed by atoms with van der Waals surface area (Å²) in [5, 5.41) is 6.23. The number of carbonyl (C=O) groups is 1. The molecule has 2 N–H and O–H groups in total. The second-order valence-corrected chi connectivity index (χ2v) is 7.58. The van der Waals surface area contributed by atoms with Crippen molar-refractivity contribution < 1.29 is 9.18 Å². The van der Waals surface area contributed by atoms with E-state index in [1.165, 1.54) is 17.7 Å². The Morgan fingerprint density at radius 2 is 1.59 bits per heavy atom. The lowest BCUT2D eigenvalue weighted by Crippen LogP contribution is -2.26. The van der Waals surface area contributed by atoms with Crippen molar-refractivity contribution in [3.8, 4) is 11.4 Å². The van der Waals surface area contributed by atoms with Crippen molar-refractivity contribution in [3.63, 3.8) is 0 Å². The molecule has 5 nitrogen and oxygen atoms in total. The van der Waals surface area contributed by atoms with Crippen LogP contribution in [0.1, 0.15) is 34.5 Å². The number of benzene rings is 3. The third-order valence-electron chi connectivity index (χ3n) is 5.10. The maximum Gasteiger partial charge on any atom is 0.251 e. The van der Waals surface area contributed by atoms with E-state index in [9.17, 15) is 9.18 Å². The third kappa shape index (κ3) is 5.16. The number of hydrogen-bond acceptors (Lipinski definition) is 4. The van der Waals surface area contributed by atoms with Crippen LogP contribution in [0.3, 0.4) is 0 Å². The van der Waals surface area contributed by atoms with Crippen molar-refractivity contribution in [1.29, 1.82) is 0 Å². The van der Waals surface area contributed by atoms with Gasteiger partial charge in [0, 0.05) is 23.0 Å². The standard InChI is InChI=1S/C26H23FN4O/c1-17-3-5-19(6-4-17)18(2)29-26(32)21-9-13-23(14-10-21)30-24-15-16-28-25(31-24)20-7-11-22(27)12-8-20/h3-16,18H,1-2H3,(H,29,32)(H,28,30,31)/t18-/m0/s1. The molecule has 6 heteroatoms. The zero-order chi connectivity index (χ0) is 22.5. The van der Waals surface area contributed by atoms with Gasteiger partial charge in [0.05, 0.1) is 6.04 Å². The predicted octanol–water partition coefficient (Wildman–Crippen LogP) is 5.83. The molecule has 0 aliphatic heterocycles. The van der Waals surface area contributed by atoms with Crippen LogP contribution in [0.4, 0.5) is 15.9 Å². The number of anilines is 2. The average molecular weight is 426 g/mol. The number of halogens is 1. The van der Waals surface area contributed by atoms with Gasteiger partial charge >= 0.3 is 0 Å². The molecular formula is C26H23FN4O. The second kappa shape index (κ2) is 9.39. The van der Waals surface area contributed by atoms with Crippen molar-refractivity contribution in [2.75, 3.05) is 5.32 Å². The molecule has 1 amide bonds. The molecule has 32 heavy (non-hydrogen) atoms. The first-order chi connectivity index (χ1) is 15.5. The maximum absolute atomic E-state index is 13.1. The summed E-state index contributed by atoms with van der Waals surface area (Å²) in [6, 6.07) is 23.0. The normalized spacial score (nSPS) is 11.6. The van der Waals surface area contributed by atoms with E-state index in [1.807, 2.05) is 50.2 Å². The highest BCUT2D eigenvalue weighted by Gasteiger charge is 2.11. The summed E-state index contributed by atoms with van der Waals surface area (Å²) in [7, 11) is 0. The molecule has 0 bridgehead atoms. The number of carbonyl (C=O) groups excluding carboxylic acids is 1. The summed E-state index contributed by atoms with van der Waals surface area (Å²) in [4.78, 5) is 21.3. The molecule has 3 aromatic carbocycles. The molecule has 1 atom stereocenters. The van der Waals surface area contributed by atoms with Crippen LogP contribution >= 0.6 is 0 Å². The maximum atomic E-state index is 13.1. The largest absolute Gasteiger partial charge is 0.346 e. The molecule has 0 saturated carbocycles. The van der Waals surface area contributed by atoms with Gasteiger partial charge in [-0.05, 0) is 74.0 Å². The molecule has 0 saturated heterocycles. The summed E-state index contributed by atoms with van der Waals surface area (Å²) < 4.78 is 13.1. The molecule has 160 valence electrons. The molecule has 4 rings (SSSR count). The topological polar surface area (TPSA) is 66.9 Å². The van der Waals surface area contributed by atoms with Gasteiger partial charge in [-0.1, -0.05) is 29.8 Å². The van der Waals surface area contributed by atoms with Crippen molar-refractivity contribution in [2.24, 2.45) is 0 Å². The molecular weight excluding hydrogens is 403 g/mol. The number of rotatable bonds is 6. The number of nitrogens with one attached hydrogen (secondary N) is 2. The zero-order valence-corrected chi connectivity index (χ0v) is 17.8. The molecule has 0 aliphatic rings. The van der Waals surface area contributed by atoms with Gasteiger partial charge in [0.25, 0.3) is 5.91 Å². The van der Waals surface area contributed by atoms with Crippen LogP contribution in [-0.2, 0) is 0 Å². The summed E-state index contributed by atoms with van der Waals surface area (Å²) in [6.45, 7) is 4.00. The average Bonchev–Trinajstić information content (AvgIpc) is 2.80. The number of aromatic nitrogens is 2. The third-order valence-corrected chi connectivity index (χ3v) is 5.10. The Bertz CT molecular complexity index is 1210. The minimum absolute atomic E-state index is 0.0909. The lowest BCUT2D eigenvalue weighted by atomic mass is 10.1. The lowest BCUT2D eigenvalue weighted by molar-refractivity contribution is 0.0940. The van der Waals surface area contributed by atoms with Crippen LogP contribution in [0, 0.1) is 12.7 Å². The molecule has 0 radical (unpaired) electrons. The Kier molecular flexibility index (Phi) is 6.22. The molecule has 1 aromatic heterocycles. The van der Waals surface area contributed by atoms with Crippen LogP contribution in [0.15, 0.2) is 85.1 Å². The second-order valence-electron chi connectivity index (χ2n) is 7.58. The van der Waals surface area contributed by atoms with Crippen LogP contribution < -0.4 is 10.6 Å². The number of nitrogens with zero attached hydrogens (tertiary/aromatic N) is 2.